The number of hydrogen-bond acceptors (Lipinski definition) is 4. The lowest BCUT2D eigenvalue weighted by molar-refractivity contribution is 0.122. The summed E-state index contributed by atoms with van der Waals surface area (Å²) in [4.78, 5) is 2.43. The van der Waals surface area contributed by atoms with Gasteiger partial charge in [-0.3, -0.25) is 0 Å². The highest BCUT2D eigenvalue weighted by atomic mass is 16.5. The Morgan fingerprint density at radius 3 is 2.80 bits per heavy atom. The fraction of sp³-hybridized carbons (Fsp3) is 0.429. The van der Waals surface area contributed by atoms with E-state index in [9.17, 15) is 0 Å². The van der Waals surface area contributed by atoms with Crippen LogP contribution < -0.4 is 15.0 Å². The summed E-state index contributed by atoms with van der Waals surface area (Å²) in [5, 5.41) is 3.69. The van der Waals surface area contributed by atoms with Crippen LogP contribution in [0.1, 0.15) is 29.7 Å². The normalized spacial score (nSPS) is 17.9. The van der Waals surface area contributed by atoms with Crippen LogP contribution in [0.4, 0.5) is 5.69 Å². The van der Waals surface area contributed by atoms with E-state index >= 15 is 0 Å². The highest BCUT2D eigenvalue weighted by Gasteiger charge is 2.16. The summed E-state index contributed by atoms with van der Waals surface area (Å²) in [5.41, 5.74) is 5.33. The Morgan fingerprint density at radius 1 is 1.08 bits per heavy atom. The van der Waals surface area contributed by atoms with Gasteiger partial charge in [0.25, 0.3) is 0 Å². The largest absolute Gasteiger partial charge is 0.493 e. The van der Waals surface area contributed by atoms with Gasteiger partial charge in [0.05, 0.1) is 19.8 Å². The van der Waals surface area contributed by atoms with Gasteiger partial charge in [-0.25, -0.2) is 0 Å². The van der Waals surface area contributed by atoms with E-state index in [1.807, 2.05) is 0 Å². The van der Waals surface area contributed by atoms with E-state index in [2.05, 4.69) is 59.6 Å². The van der Waals surface area contributed by atoms with Gasteiger partial charge in [0.15, 0.2) is 0 Å². The molecule has 0 aromatic heterocycles. The Kier molecular flexibility index (Phi) is 4.90. The van der Waals surface area contributed by atoms with Crippen molar-refractivity contribution in [2.24, 2.45) is 0 Å². The fourth-order valence-electron chi connectivity index (χ4n) is 3.63. The molecule has 1 unspecified atom stereocenters. The quantitative estimate of drug-likeness (QED) is 0.907. The van der Waals surface area contributed by atoms with Gasteiger partial charge in [-0.05, 0) is 35.7 Å². The van der Waals surface area contributed by atoms with E-state index in [1.165, 1.54) is 22.4 Å². The van der Waals surface area contributed by atoms with Crippen LogP contribution in [0.25, 0.3) is 0 Å². The SMILES string of the molecule is CC(NCc1ccccc1N1CCOCC1)c1ccc2c(c1)CCO2. The molecule has 25 heavy (non-hydrogen) atoms. The van der Waals surface area contributed by atoms with Crippen LogP contribution in [0.5, 0.6) is 5.75 Å². The smallest absolute Gasteiger partial charge is 0.122 e. The van der Waals surface area contributed by atoms with Crippen LogP contribution in [0, 0.1) is 0 Å². The maximum absolute atomic E-state index is 5.61. The number of nitrogens with one attached hydrogen (secondary N) is 1. The van der Waals surface area contributed by atoms with Gasteiger partial charge in [0, 0.05) is 37.8 Å². The van der Waals surface area contributed by atoms with Crippen LogP contribution >= 0.6 is 0 Å². The first-order valence-corrected chi connectivity index (χ1v) is 9.21. The molecule has 4 nitrogen and oxygen atoms in total. The molecule has 0 aliphatic carbocycles. The number of benzene rings is 2. The minimum atomic E-state index is 0.309. The van der Waals surface area contributed by atoms with Gasteiger partial charge in [-0.1, -0.05) is 30.3 Å². The molecule has 1 fully saturated rings. The molecule has 1 atom stereocenters. The molecule has 0 saturated carbocycles. The zero-order valence-electron chi connectivity index (χ0n) is 14.8. The van der Waals surface area contributed by atoms with E-state index < -0.39 is 0 Å². The van der Waals surface area contributed by atoms with Gasteiger partial charge >= 0.3 is 0 Å². The molecule has 2 aromatic carbocycles. The van der Waals surface area contributed by atoms with E-state index in [1.54, 1.807) is 0 Å². The Bertz CT molecular complexity index is 726. The van der Waals surface area contributed by atoms with E-state index in [0.717, 1.165) is 51.6 Å². The molecule has 2 aromatic rings. The standard InChI is InChI=1S/C21H26N2O2/c1-16(17-6-7-21-18(14-17)8-11-25-21)22-15-19-4-2-3-5-20(19)23-9-12-24-13-10-23/h2-7,14,16,22H,8-13,15H2,1H3. The number of hydrogen-bond donors (Lipinski definition) is 1. The van der Waals surface area contributed by atoms with Crippen molar-refractivity contribution >= 4 is 5.69 Å². The third kappa shape index (κ3) is 3.65. The second-order valence-electron chi connectivity index (χ2n) is 6.80. The first-order valence-electron chi connectivity index (χ1n) is 9.21. The molecule has 0 amide bonds. The Morgan fingerprint density at radius 2 is 1.92 bits per heavy atom. The molecule has 0 bridgehead atoms. The lowest BCUT2D eigenvalue weighted by Crippen LogP contribution is -2.37. The Balaban J connectivity index is 1.44. The molecular formula is C21H26N2O2. The van der Waals surface area contributed by atoms with Crippen LogP contribution in [0.3, 0.4) is 0 Å². The van der Waals surface area contributed by atoms with Crippen LogP contribution in [-0.2, 0) is 17.7 Å². The molecule has 4 rings (SSSR count). The Hall–Kier alpha value is -2.04. The first kappa shape index (κ1) is 16.4. The summed E-state index contributed by atoms with van der Waals surface area (Å²) in [6.45, 7) is 7.48. The molecule has 2 heterocycles. The number of ether oxygens (including phenoxy) is 2. The van der Waals surface area contributed by atoms with Gasteiger partial charge in [-0.15, -0.1) is 0 Å². The average molecular weight is 338 g/mol. The number of fused-ring (bicyclic) bond motifs is 1. The third-order valence-corrected chi connectivity index (χ3v) is 5.16. The van der Waals surface area contributed by atoms with Crippen molar-refractivity contribution in [1.29, 1.82) is 0 Å². The molecule has 4 heteroatoms. The second-order valence-corrected chi connectivity index (χ2v) is 6.80. The Labute approximate surface area is 149 Å². The number of rotatable bonds is 5. The summed E-state index contributed by atoms with van der Waals surface area (Å²) in [5.74, 6) is 1.05. The molecule has 132 valence electrons. The minimum Gasteiger partial charge on any atom is -0.493 e. The fourth-order valence-corrected chi connectivity index (χ4v) is 3.63. The predicted octanol–water partition coefficient (Wildman–Crippen LogP) is 3.31. The zero-order chi connectivity index (χ0) is 17.1. The lowest BCUT2D eigenvalue weighted by atomic mass is 10.0. The first-order chi connectivity index (χ1) is 12.3. The highest BCUT2D eigenvalue weighted by Crippen LogP contribution is 2.28. The van der Waals surface area contributed by atoms with Crippen molar-refractivity contribution < 1.29 is 9.47 Å². The van der Waals surface area contributed by atoms with Crippen LogP contribution in [0.2, 0.25) is 0 Å². The highest BCUT2D eigenvalue weighted by molar-refractivity contribution is 5.54. The number of anilines is 1. The maximum atomic E-state index is 5.61. The molecule has 0 radical (unpaired) electrons. The van der Waals surface area contributed by atoms with E-state index in [0.29, 0.717) is 6.04 Å². The zero-order valence-corrected chi connectivity index (χ0v) is 14.8. The van der Waals surface area contributed by atoms with Crippen molar-refractivity contribution in [1.82, 2.24) is 5.32 Å². The number of nitrogens with zero attached hydrogens (tertiary/aromatic N) is 1. The van der Waals surface area contributed by atoms with Crippen molar-refractivity contribution in [3.63, 3.8) is 0 Å². The average Bonchev–Trinajstić information content (AvgIpc) is 3.15. The minimum absolute atomic E-state index is 0.309. The summed E-state index contributed by atoms with van der Waals surface area (Å²) in [7, 11) is 0. The topological polar surface area (TPSA) is 33.7 Å². The summed E-state index contributed by atoms with van der Waals surface area (Å²) in [6, 6.07) is 15.6. The van der Waals surface area contributed by atoms with Crippen molar-refractivity contribution in [3.05, 3.63) is 59.2 Å². The summed E-state index contributed by atoms with van der Waals surface area (Å²) >= 11 is 0. The predicted molar refractivity (Wildman–Crippen MR) is 100 cm³/mol. The monoisotopic (exact) mass is 338 g/mol. The van der Waals surface area contributed by atoms with E-state index in [-0.39, 0.29) is 0 Å². The molecule has 2 aliphatic rings. The number of morpholine rings is 1. The van der Waals surface area contributed by atoms with Gasteiger partial charge in [-0.2, -0.15) is 0 Å². The summed E-state index contributed by atoms with van der Waals surface area (Å²) < 4.78 is 11.1. The van der Waals surface area contributed by atoms with Crippen molar-refractivity contribution in [3.8, 4) is 5.75 Å². The van der Waals surface area contributed by atoms with Gasteiger partial charge in [0.2, 0.25) is 0 Å². The van der Waals surface area contributed by atoms with Gasteiger partial charge < -0.3 is 19.7 Å². The van der Waals surface area contributed by atoms with Crippen molar-refractivity contribution in [2.45, 2.75) is 25.9 Å². The van der Waals surface area contributed by atoms with Crippen LogP contribution in [-0.4, -0.2) is 32.9 Å². The summed E-state index contributed by atoms with van der Waals surface area (Å²) in [6.07, 6.45) is 1.02. The maximum Gasteiger partial charge on any atom is 0.122 e. The molecule has 2 aliphatic heterocycles. The molecule has 0 spiro atoms. The third-order valence-electron chi connectivity index (χ3n) is 5.16. The molecule has 1 N–H and O–H groups in total. The van der Waals surface area contributed by atoms with Crippen LogP contribution in [0.15, 0.2) is 42.5 Å². The van der Waals surface area contributed by atoms with Gasteiger partial charge in [0.1, 0.15) is 5.75 Å². The molecular weight excluding hydrogens is 312 g/mol. The number of para-hydroxylation sites is 1. The lowest BCUT2D eigenvalue weighted by Gasteiger charge is -2.31. The van der Waals surface area contributed by atoms with E-state index in [4.69, 9.17) is 9.47 Å². The second kappa shape index (κ2) is 7.46. The molecule has 1 saturated heterocycles. The van der Waals surface area contributed by atoms with Crippen molar-refractivity contribution in [2.75, 3.05) is 37.8 Å².